The van der Waals surface area contributed by atoms with E-state index in [4.69, 9.17) is 9.47 Å². The Bertz CT molecular complexity index is 639. The minimum absolute atomic E-state index is 0.0410. The summed E-state index contributed by atoms with van der Waals surface area (Å²) in [5.41, 5.74) is 0.704. The standard InChI is InChI=1S/C19H25FN2O3/c1-19(24-10-11-25-19)13-6-8-22(9-7-13)18(23)21-17-12-15(17)14-4-2-3-5-16(14)20/h2-5,13,15,17H,6-12H2,1H3,(H,21,23)/t15-,17-/m0/s1. The van der Waals surface area contributed by atoms with Crippen LogP contribution in [0.15, 0.2) is 24.3 Å². The van der Waals surface area contributed by atoms with E-state index in [1.54, 1.807) is 12.1 Å². The number of urea groups is 1. The molecule has 1 saturated carbocycles. The molecule has 2 amide bonds. The summed E-state index contributed by atoms with van der Waals surface area (Å²) in [6.45, 7) is 4.71. The Kier molecular flexibility index (Phi) is 4.41. The summed E-state index contributed by atoms with van der Waals surface area (Å²) in [4.78, 5) is 14.3. The lowest BCUT2D eigenvalue weighted by atomic mass is 9.89. The van der Waals surface area contributed by atoms with Crippen molar-refractivity contribution in [3.05, 3.63) is 35.6 Å². The number of carbonyl (C=O) groups excluding carboxylic acids is 1. The first kappa shape index (κ1) is 16.8. The van der Waals surface area contributed by atoms with Crippen molar-refractivity contribution in [3.8, 4) is 0 Å². The molecule has 6 heteroatoms. The van der Waals surface area contributed by atoms with Gasteiger partial charge in [0.25, 0.3) is 0 Å². The van der Waals surface area contributed by atoms with Gasteiger partial charge in [0, 0.05) is 31.0 Å². The summed E-state index contributed by atoms with van der Waals surface area (Å²) in [7, 11) is 0. The van der Waals surface area contributed by atoms with Gasteiger partial charge in [-0.15, -0.1) is 0 Å². The highest BCUT2D eigenvalue weighted by Crippen LogP contribution is 2.42. The van der Waals surface area contributed by atoms with Crippen LogP contribution in [-0.2, 0) is 9.47 Å². The molecule has 1 N–H and O–H groups in total. The van der Waals surface area contributed by atoms with Crippen LogP contribution in [0.1, 0.15) is 37.7 Å². The minimum atomic E-state index is -0.491. The number of nitrogens with one attached hydrogen (secondary N) is 1. The van der Waals surface area contributed by atoms with Crippen LogP contribution >= 0.6 is 0 Å². The molecule has 4 rings (SSSR count). The second-order valence-electron chi connectivity index (χ2n) is 7.39. The topological polar surface area (TPSA) is 50.8 Å². The van der Waals surface area contributed by atoms with Gasteiger partial charge in [-0.05, 0) is 37.8 Å². The van der Waals surface area contributed by atoms with Crippen molar-refractivity contribution in [2.24, 2.45) is 5.92 Å². The molecule has 2 saturated heterocycles. The molecule has 0 bridgehead atoms. The Morgan fingerprint density at radius 3 is 2.60 bits per heavy atom. The largest absolute Gasteiger partial charge is 0.348 e. The summed E-state index contributed by atoms with van der Waals surface area (Å²) in [5, 5.41) is 3.05. The number of ether oxygens (including phenoxy) is 2. The number of rotatable bonds is 3. The number of piperidine rings is 1. The number of hydrogen-bond acceptors (Lipinski definition) is 3. The summed E-state index contributed by atoms with van der Waals surface area (Å²) >= 11 is 0. The van der Waals surface area contributed by atoms with Crippen LogP contribution < -0.4 is 5.32 Å². The van der Waals surface area contributed by atoms with Crippen LogP contribution in [0.4, 0.5) is 9.18 Å². The summed E-state index contributed by atoms with van der Waals surface area (Å²) in [6, 6.07) is 6.82. The summed E-state index contributed by atoms with van der Waals surface area (Å²) < 4.78 is 25.3. The van der Waals surface area contributed by atoms with Gasteiger partial charge in [0.15, 0.2) is 5.79 Å². The van der Waals surface area contributed by atoms with Gasteiger partial charge >= 0.3 is 6.03 Å². The van der Waals surface area contributed by atoms with E-state index in [9.17, 15) is 9.18 Å². The monoisotopic (exact) mass is 348 g/mol. The number of amides is 2. The highest BCUT2D eigenvalue weighted by Gasteiger charge is 2.44. The van der Waals surface area contributed by atoms with Crippen LogP contribution in [0.3, 0.4) is 0 Å². The normalized spacial score (nSPS) is 28.8. The molecule has 1 aromatic rings. The molecule has 5 nitrogen and oxygen atoms in total. The van der Waals surface area contributed by atoms with Gasteiger partial charge < -0.3 is 19.7 Å². The van der Waals surface area contributed by atoms with Gasteiger partial charge in [-0.25, -0.2) is 9.18 Å². The van der Waals surface area contributed by atoms with E-state index < -0.39 is 5.79 Å². The van der Waals surface area contributed by atoms with E-state index in [-0.39, 0.29) is 23.8 Å². The third-order valence-electron chi connectivity index (χ3n) is 5.79. The SMILES string of the molecule is CC1(C2CCN(C(=O)N[C@H]3C[C@H]3c3ccccc3F)CC2)OCCO1. The molecule has 2 aliphatic heterocycles. The molecule has 3 fully saturated rings. The lowest BCUT2D eigenvalue weighted by Crippen LogP contribution is -2.49. The second kappa shape index (κ2) is 6.57. The van der Waals surface area contributed by atoms with Crippen molar-refractivity contribution < 1.29 is 18.7 Å². The van der Waals surface area contributed by atoms with Crippen molar-refractivity contribution >= 4 is 6.03 Å². The van der Waals surface area contributed by atoms with Crippen molar-refractivity contribution in [2.75, 3.05) is 26.3 Å². The second-order valence-corrected chi connectivity index (χ2v) is 7.39. The lowest BCUT2D eigenvalue weighted by molar-refractivity contribution is -0.189. The first-order chi connectivity index (χ1) is 12.1. The predicted molar refractivity (Wildman–Crippen MR) is 90.7 cm³/mol. The average Bonchev–Trinajstić information content (AvgIpc) is 3.23. The first-order valence-electron chi connectivity index (χ1n) is 9.14. The Hall–Kier alpha value is -1.66. The van der Waals surface area contributed by atoms with Gasteiger partial charge in [-0.2, -0.15) is 0 Å². The van der Waals surface area contributed by atoms with E-state index in [1.807, 2.05) is 17.9 Å². The smallest absolute Gasteiger partial charge is 0.317 e. The van der Waals surface area contributed by atoms with Crippen molar-refractivity contribution in [3.63, 3.8) is 0 Å². The number of hydrogen-bond donors (Lipinski definition) is 1. The molecule has 2 heterocycles. The van der Waals surface area contributed by atoms with E-state index in [0.717, 1.165) is 19.3 Å². The van der Waals surface area contributed by atoms with Gasteiger partial charge in [0.2, 0.25) is 0 Å². The highest BCUT2D eigenvalue weighted by atomic mass is 19.1. The maximum Gasteiger partial charge on any atom is 0.317 e. The zero-order valence-corrected chi connectivity index (χ0v) is 14.5. The molecule has 3 aliphatic rings. The number of benzene rings is 1. The quantitative estimate of drug-likeness (QED) is 0.914. The molecule has 0 spiro atoms. The van der Waals surface area contributed by atoms with Gasteiger partial charge in [-0.3, -0.25) is 0 Å². The van der Waals surface area contributed by atoms with Crippen molar-refractivity contribution in [2.45, 2.75) is 43.9 Å². The Morgan fingerprint density at radius 2 is 1.92 bits per heavy atom. The van der Waals surface area contributed by atoms with Gasteiger partial charge in [0.1, 0.15) is 5.82 Å². The Labute approximate surface area is 147 Å². The van der Waals surface area contributed by atoms with Crippen LogP contribution in [0.5, 0.6) is 0 Å². The molecule has 136 valence electrons. The molecule has 2 atom stereocenters. The molecular formula is C19H25FN2O3. The van der Waals surface area contributed by atoms with E-state index in [2.05, 4.69) is 5.32 Å². The molecule has 0 radical (unpaired) electrons. The van der Waals surface area contributed by atoms with Crippen molar-refractivity contribution in [1.29, 1.82) is 0 Å². The molecule has 0 unspecified atom stereocenters. The maximum absolute atomic E-state index is 13.8. The number of halogens is 1. The number of likely N-dealkylation sites (tertiary alicyclic amines) is 1. The van der Waals surface area contributed by atoms with Gasteiger partial charge in [-0.1, -0.05) is 18.2 Å². The van der Waals surface area contributed by atoms with E-state index in [0.29, 0.717) is 37.8 Å². The lowest BCUT2D eigenvalue weighted by Gasteiger charge is -2.39. The summed E-state index contributed by atoms with van der Waals surface area (Å²) in [5.74, 6) is -0.252. The molecule has 1 aliphatic carbocycles. The molecule has 1 aromatic carbocycles. The fraction of sp³-hybridized carbons (Fsp3) is 0.632. The first-order valence-corrected chi connectivity index (χ1v) is 9.14. The zero-order chi connectivity index (χ0) is 17.4. The molecule has 0 aromatic heterocycles. The fourth-order valence-electron chi connectivity index (χ4n) is 4.10. The van der Waals surface area contributed by atoms with Crippen LogP contribution in [0.25, 0.3) is 0 Å². The third-order valence-corrected chi connectivity index (χ3v) is 5.79. The van der Waals surface area contributed by atoms with E-state index >= 15 is 0 Å². The third kappa shape index (κ3) is 3.37. The average molecular weight is 348 g/mol. The molecular weight excluding hydrogens is 323 g/mol. The number of nitrogens with zero attached hydrogens (tertiary/aromatic N) is 1. The fourth-order valence-corrected chi connectivity index (χ4v) is 4.10. The van der Waals surface area contributed by atoms with Gasteiger partial charge in [0.05, 0.1) is 13.2 Å². The predicted octanol–water partition coefficient (Wildman–Crippen LogP) is 2.87. The highest BCUT2D eigenvalue weighted by molar-refractivity contribution is 5.75. The zero-order valence-electron chi connectivity index (χ0n) is 14.5. The van der Waals surface area contributed by atoms with Crippen LogP contribution in [0.2, 0.25) is 0 Å². The maximum atomic E-state index is 13.8. The van der Waals surface area contributed by atoms with E-state index in [1.165, 1.54) is 6.07 Å². The molecule has 25 heavy (non-hydrogen) atoms. The number of carbonyl (C=O) groups is 1. The Morgan fingerprint density at radius 1 is 1.24 bits per heavy atom. The van der Waals surface area contributed by atoms with Crippen molar-refractivity contribution in [1.82, 2.24) is 10.2 Å². The van der Waals surface area contributed by atoms with Crippen LogP contribution in [-0.4, -0.2) is 49.1 Å². The minimum Gasteiger partial charge on any atom is -0.348 e. The van der Waals surface area contributed by atoms with Crippen LogP contribution in [0, 0.1) is 11.7 Å². The Balaban J connectivity index is 1.27. The summed E-state index contributed by atoms with van der Waals surface area (Å²) in [6.07, 6.45) is 2.57.